The van der Waals surface area contributed by atoms with Crippen LogP contribution in [0.5, 0.6) is 0 Å². The van der Waals surface area contributed by atoms with E-state index in [9.17, 15) is 13.2 Å². The highest BCUT2D eigenvalue weighted by Gasteiger charge is 2.28. The summed E-state index contributed by atoms with van der Waals surface area (Å²) in [6, 6.07) is 10.2. The number of thiophene rings is 1. The zero-order valence-electron chi connectivity index (χ0n) is 15.1. The Balaban J connectivity index is 1.42. The number of rotatable bonds is 5. The summed E-state index contributed by atoms with van der Waals surface area (Å²) in [6.07, 6.45) is 0.608. The molecule has 28 heavy (non-hydrogen) atoms. The van der Waals surface area contributed by atoms with Crippen molar-refractivity contribution in [2.45, 2.75) is 20.0 Å². The summed E-state index contributed by atoms with van der Waals surface area (Å²) in [5.74, 6) is 0.762. The van der Waals surface area contributed by atoms with Crippen LogP contribution < -0.4 is 4.31 Å². The van der Waals surface area contributed by atoms with Gasteiger partial charge in [0.2, 0.25) is 15.9 Å². The van der Waals surface area contributed by atoms with E-state index in [1.54, 1.807) is 31.2 Å². The van der Waals surface area contributed by atoms with E-state index in [2.05, 4.69) is 4.98 Å². The minimum absolute atomic E-state index is 0.00178. The molecule has 146 valence electrons. The van der Waals surface area contributed by atoms with Gasteiger partial charge < -0.3 is 9.15 Å². The molecule has 4 rings (SSSR count). The second-order valence-electron chi connectivity index (χ2n) is 6.36. The van der Waals surface area contributed by atoms with Gasteiger partial charge in [-0.05, 0) is 49.1 Å². The number of ether oxygens (including phenoxy) is 1. The van der Waals surface area contributed by atoms with Crippen LogP contribution in [0.1, 0.15) is 28.2 Å². The molecule has 1 saturated heterocycles. The third kappa shape index (κ3) is 3.67. The maximum absolute atomic E-state index is 12.3. The molecular formula is C19H18N2O5S2. The van der Waals surface area contributed by atoms with Gasteiger partial charge >= 0.3 is 5.97 Å². The summed E-state index contributed by atoms with van der Waals surface area (Å²) in [4.78, 5) is 17.6. The fourth-order valence-corrected chi connectivity index (χ4v) is 5.19. The van der Waals surface area contributed by atoms with Crippen LogP contribution in [0, 0.1) is 6.92 Å². The smallest absolute Gasteiger partial charge is 0.338 e. The summed E-state index contributed by atoms with van der Waals surface area (Å²) < 4.78 is 36.3. The zero-order chi connectivity index (χ0) is 19.7. The number of hydrogen-bond acceptors (Lipinski definition) is 7. The fraction of sp³-hybridized carbons (Fsp3) is 0.263. The van der Waals surface area contributed by atoms with Gasteiger partial charge in [-0.25, -0.2) is 18.2 Å². The summed E-state index contributed by atoms with van der Waals surface area (Å²) in [6.45, 7) is 2.24. The molecule has 1 aromatic carbocycles. The standard InChI is InChI=1S/C19H18N2O5S2/c1-13-16(20-18(26-13)17-4-2-10-27-17)12-25-19(22)14-5-7-15(8-6-14)21-9-3-11-28(21,23)24/h2,4-8,10H,3,9,11-12H2,1H3. The van der Waals surface area contributed by atoms with Gasteiger partial charge in [0.15, 0.2) is 0 Å². The highest BCUT2D eigenvalue weighted by Crippen LogP contribution is 2.27. The second-order valence-corrected chi connectivity index (χ2v) is 9.32. The highest BCUT2D eigenvalue weighted by molar-refractivity contribution is 7.93. The topological polar surface area (TPSA) is 89.7 Å². The molecule has 0 N–H and O–H groups in total. The molecule has 7 nitrogen and oxygen atoms in total. The van der Waals surface area contributed by atoms with Crippen LogP contribution in [-0.4, -0.2) is 31.7 Å². The largest absolute Gasteiger partial charge is 0.455 e. The monoisotopic (exact) mass is 418 g/mol. The molecule has 1 aliphatic heterocycles. The molecule has 0 aliphatic carbocycles. The minimum atomic E-state index is -3.24. The van der Waals surface area contributed by atoms with E-state index in [0.29, 0.717) is 41.6 Å². The number of oxazole rings is 1. The lowest BCUT2D eigenvalue weighted by molar-refractivity contribution is 0.0467. The number of hydrogen-bond donors (Lipinski definition) is 0. The van der Waals surface area contributed by atoms with Crippen molar-refractivity contribution in [2.24, 2.45) is 0 Å². The van der Waals surface area contributed by atoms with E-state index in [1.807, 2.05) is 17.5 Å². The molecule has 0 bridgehead atoms. The molecule has 0 radical (unpaired) electrons. The lowest BCUT2D eigenvalue weighted by Crippen LogP contribution is -2.25. The number of carbonyl (C=O) groups is 1. The van der Waals surface area contributed by atoms with Gasteiger partial charge in [0, 0.05) is 6.54 Å². The van der Waals surface area contributed by atoms with Crippen molar-refractivity contribution < 1.29 is 22.4 Å². The first kappa shape index (κ1) is 18.7. The van der Waals surface area contributed by atoms with Crippen molar-refractivity contribution in [1.82, 2.24) is 4.98 Å². The highest BCUT2D eigenvalue weighted by atomic mass is 32.2. The van der Waals surface area contributed by atoms with Crippen molar-refractivity contribution >= 4 is 33.0 Å². The minimum Gasteiger partial charge on any atom is -0.455 e. The first-order chi connectivity index (χ1) is 13.4. The predicted octanol–water partition coefficient (Wildman–Crippen LogP) is 3.61. The van der Waals surface area contributed by atoms with Crippen LogP contribution in [0.4, 0.5) is 5.69 Å². The lowest BCUT2D eigenvalue weighted by Gasteiger charge is -2.16. The van der Waals surface area contributed by atoms with Crippen LogP contribution >= 0.6 is 11.3 Å². The Labute approximate surface area is 166 Å². The molecule has 3 aromatic rings. The van der Waals surface area contributed by atoms with E-state index in [0.717, 1.165) is 4.88 Å². The fourth-order valence-electron chi connectivity index (χ4n) is 2.98. The molecule has 2 aromatic heterocycles. The van der Waals surface area contributed by atoms with Gasteiger partial charge in [-0.15, -0.1) is 11.3 Å². The van der Waals surface area contributed by atoms with E-state index in [1.165, 1.54) is 15.6 Å². The van der Waals surface area contributed by atoms with E-state index in [-0.39, 0.29) is 12.4 Å². The Morgan fingerprint density at radius 2 is 2.07 bits per heavy atom. The number of aromatic nitrogens is 1. The Morgan fingerprint density at radius 3 is 2.71 bits per heavy atom. The van der Waals surface area contributed by atoms with E-state index >= 15 is 0 Å². The summed E-state index contributed by atoms with van der Waals surface area (Å²) in [5, 5.41) is 1.94. The summed E-state index contributed by atoms with van der Waals surface area (Å²) in [5.41, 5.74) is 1.47. The zero-order valence-corrected chi connectivity index (χ0v) is 16.8. The molecule has 1 fully saturated rings. The maximum atomic E-state index is 12.3. The first-order valence-corrected chi connectivity index (χ1v) is 11.2. The lowest BCUT2D eigenvalue weighted by atomic mass is 10.2. The Kier molecular flexibility index (Phi) is 4.94. The van der Waals surface area contributed by atoms with Crippen molar-refractivity contribution in [1.29, 1.82) is 0 Å². The van der Waals surface area contributed by atoms with Crippen LogP contribution in [-0.2, 0) is 21.4 Å². The quantitative estimate of drug-likeness (QED) is 0.588. The number of benzene rings is 1. The molecular weight excluding hydrogens is 400 g/mol. The third-order valence-corrected chi connectivity index (χ3v) is 7.18. The Hall–Kier alpha value is -2.65. The van der Waals surface area contributed by atoms with Gasteiger partial charge in [-0.2, -0.15) is 0 Å². The number of esters is 1. The van der Waals surface area contributed by atoms with Gasteiger partial charge in [0.1, 0.15) is 18.1 Å². The average Bonchev–Trinajstić information content (AvgIpc) is 3.40. The second kappa shape index (κ2) is 7.40. The van der Waals surface area contributed by atoms with E-state index in [4.69, 9.17) is 9.15 Å². The Morgan fingerprint density at radius 1 is 1.29 bits per heavy atom. The Bertz CT molecular complexity index is 1090. The number of anilines is 1. The predicted molar refractivity (Wildman–Crippen MR) is 106 cm³/mol. The van der Waals surface area contributed by atoms with Crippen LogP contribution in [0.25, 0.3) is 10.8 Å². The third-order valence-electron chi connectivity index (χ3n) is 4.45. The number of aryl methyl sites for hydroxylation is 1. The molecule has 0 amide bonds. The SMILES string of the molecule is Cc1oc(-c2cccs2)nc1COC(=O)c1ccc(N2CCCS2(=O)=O)cc1. The van der Waals surface area contributed by atoms with Gasteiger partial charge in [0.05, 0.1) is 21.9 Å². The van der Waals surface area contributed by atoms with Crippen molar-refractivity contribution in [3.05, 3.63) is 58.8 Å². The van der Waals surface area contributed by atoms with Gasteiger partial charge in [0.25, 0.3) is 0 Å². The molecule has 0 spiro atoms. The molecule has 3 heterocycles. The number of sulfonamides is 1. The molecule has 0 atom stereocenters. The van der Waals surface area contributed by atoms with Crippen LogP contribution in [0.15, 0.2) is 46.2 Å². The van der Waals surface area contributed by atoms with Crippen molar-refractivity contribution in [3.8, 4) is 10.8 Å². The van der Waals surface area contributed by atoms with Crippen LogP contribution in [0.2, 0.25) is 0 Å². The molecule has 9 heteroatoms. The number of nitrogens with zero attached hydrogens (tertiary/aromatic N) is 2. The summed E-state index contributed by atoms with van der Waals surface area (Å²) >= 11 is 1.52. The van der Waals surface area contributed by atoms with E-state index < -0.39 is 16.0 Å². The normalized spacial score (nSPS) is 15.7. The molecule has 0 saturated carbocycles. The van der Waals surface area contributed by atoms with Crippen LogP contribution in [0.3, 0.4) is 0 Å². The molecule has 1 aliphatic rings. The van der Waals surface area contributed by atoms with Gasteiger partial charge in [-0.3, -0.25) is 4.31 Å². The van der Waals surface area contributed by atoms with Crippen molar-refractivity contribution in [2.75, 3.05) is 16.6 Å². The summed E-state index contributed by atoms with van der Waals surface area (Å²) in [7, 11) is -3.24. The molecule has 0 unspecified atom stereocenters. The first-order valence-electron chi connectivity index (χ1n) is 8.72. The number of carbonyl (C=O) groups excluding carboxylic acids is 1. The maximum Gasteiger partial charge on any atom is 0.338 e. The average molecular weight is 418 g/mol. The van der Waals surface area contributed by atoms with Gasteiger partial charge in [-0.1, -0.05) is 6.07 Å². The van der Waals surface area contributed by atoms with Crippen molar-refractivity contribution in [3.63, 3.8) is 0 Å².